The van der Waals surface area contributed by atoms with Crippen LogP contribution in [0.25, 0.3) is 0 Å². The third kappa shape index (κ3) is 3.12. The lowest BCUT2D eigenvalue weighted by Gasteiger charge is -2.13. The number of benzene rings is 1. The lowest BCUT2D eigenvalue weighted by Crippen LogP contribution is -2.25. The van der Waals surface area contributed by atoms with Gasteiger partial charge in [-0.05, 0) is 17.5 Å². The van der Waals surface area contributed by atoms with E-state index in [1.807, 2.05) is 25.1 Å². The van der Waals surface area contributed by atoms with Crippen LogP contribution < -0.4 is 5.73 Å². The van der Waals surface area contributed by atoms with Gasteiger partial charge in [-0.3, -0.25) is 0 Å². The van der Waals surface area contributed by atoms with Crippen LogP contribution in [0.5, 0.6) is 0 Å². The van der Waals surface area contributed by atoms with E-state index >= 15 is 0 Å². The first-order valence-electron chi connectivity index (χ1n) is 4.49. The predicted molar refractivity (Wildman–Crippen MR) is 54.0 cm³/mol. The van der Waals surface area contributed by atoms with Crippen molar-refractivity contribution in [2.45, 2.75) is 19.6 Å². The second kappa shape index (κ2) is 5.12. The van der Waals surface area contributed by atoms with Gasteiger partial charge in [-0.25, -0.2) is 0 Å². The highest BCUT2D eigenvalue weighted by Crippen LogP contribution is 2.14. The van der Waals surface area contributed by atoms with Crippen LogP contribution in [0.4, 0.5) is 0 Å². The van der Waals surface area contributed by atoms with Gasteiger partial charge in [0.2, 0.25) is 0 Å². The van der Waals surface area contributed by atoms with Crippen molar-refractivity contribution in [3.8, 4) is 0 Å². The summed E-state index contributed by atoms with van der Waals surface area (Å²) in [5.74, 6) is 0. The maximum atomic E-state index is 8.56. The Morgan fingerprint density at radius 1 is 1.50 bits per heavy atom. The van der Waals surface area contributed by atoms with Crippen LogP contribution >= 0.6 is 0 Å². The average Bonchev–Trinajstić information content (AvgIpc) is 2.17. The molecule has 0 saturated carbocycles. The van der Waals surface area contributed by atoms with Crippen LogP contribution in [-0.2, 0) is 11.1 Å². The van der Waals surface area contributed by atoms with Gasteiger partial charge in [-0.1, -0.05) is 31.2 Å². The van der Waals surface area contributed by atoms with E-state index in [1.165, 1.54) is 0 Å². The maximum absolute atomic E-state index is 8.56. The summed E-state index contributed by atoms with van der Waals surface area (Å²) in [6, 6.07) is 7.51. The Bertz CT molecular complexity index is 293. The molecule has 0 heterocycles. The highest BCUT2D eigenvalue weighted by molar-refractivity contribution is 6.32. The summed E-state index contributed by atoms with van der Waals surface area (Å²) in [6.45, 7) is 2.03. The monoisotopic (exact) mass is 195 g/mol. The van der Waals surface area contributed by atoms with Crippen LogP contribution in [0.3, 0.4) is 0 Å². The van der Waals surface area contributed by atoms with Gasteiger partial charge in [-0.15, -0.1) is 0 Å². The van der Waals surface area contributed by atoms with Crippen molar-refractivity contribution in [1.29, 1.82) is 0 Å². The van der Waals surface area contributed by atoms with E-state index in [-0.39, 0.29) is 0 Å². The predicted octanol–water partition coefficient (Wildman–Crippen LogP) is 0.192. The zero-order chi connectivity index (χ0) is 10.6. The minimum absolute atomic E-state index is 0.734. The van der Waals surface area contributed by atoms with Gasteiger partial charge in [0.05, 0.1) is 0 Å². The fourth-order valence-electron chi connectivity index (χ4n) is 1.20. The van der Waals surface area contributed by atoms with Crippen molar-refractivity contribution in [3.63, 3.8) is 0 Å². The molecule has 0 radical (unpaired) electrons. The SMILES string of the molecule is CCc1cccc(C(N)OB(O)O)c1. The summed E-state index contributed by atoms with van der Waals surface area (Å²) in [5.41, 5.74) is 7.44. The van der Waals surface area contributed by atoms with Gasteiger partial charge < -0.3 is 20.4 Å². The normalized spacial score (nSPS) is 12.6. The minimum Gasteiger partial charge on any atom is -0.402 e. The smallest absolute Gasteiger partial charge is 0.402 e. The Morgan fingerprint density at radius 2 is 2.21 bits per heavy atom. The topological polar surface area (TPSA) is 75.7 Å². The van der Waals surface area contributed by atoms with Gasteiger partial charge in [0, 0.05) is 0 Å². The molecule has 1 unspecified atom stereocenters. The van der Waals surface area contributed by atoms with E-state index in [1.54, 1.807) is 6.07 Å². The first kappa shape index (κ1) is 11.2. The molecule has 0 fully saturated rings. The van der Waals surface area contributed by atoms with E-state index in [4.69, 9.17) is 15.8 Å². The van der Waals surface area contributed by atoms with Crippen LogP contribution in [0.2, 0.25) is 0 Å². The molecule has 0 aromatic heterocycles. The molecule has 1 aromatic rings. The van der Waals surface area contributed by atoms with E-state index in [0.29, 0.717) is 0 Å². The highest BCUT2D eigenvalue weighted by atomic mass is 16.6. The second-order valence-corrected chi connectivity index (χ2v) is 2.98. The average molecular weight is 195 g/mol. The summed E-state index contributed by atoms with van der Waals surface area (Å²) in [6.07, 6.45) is 0.101. The van der Waals surface area contributed by atoms with E-state index in [2.05, 4.69) is 4.65 Å². The fourth-order valence-corrected chi connectivity index (χ4v) is 1.20. The van der Waals surface area contributed by atoms with Crippen molar-refractivity contribution < 1.29 is 14.7 Å². The van der Waals surface area contributed by atoms with Gasteiger partial charge in [0.25, 0.3) is 0 Å². The summed E-state index contributed by atoms with van der Waals surface area (Å²) in [7, 11) is -1.84. The van der Waals surface area contributed by atoms with E-state index < -0.39 is 13.5 Å². The summed E-state index contributed by atoms with van der Waals surface area (Å²) in [5, 5.41) is 17.1. The third-order valence-electron chi connectivity index (χ3n) is 1.96. The van der Waals surface area contributed by atoms with E-state index in [9.17, 15) is 0 Å². The molecule has 0 spiro atoms. The van der Waals surface area contributed by atoms with Crippen LogP contribution in [0, 0.1) is 0 Å². The zero-order valence-corrected chi connectivity index (χ0v) is 8.05. The summed E-state index contributed by atoms with van der Waals surface area (Å²) >= 11 is 0. The summed E-state index contributed by atoms with van der Waals surface area (Å²) in [4.78, 5) is 0. The lowest BCUT2D eigenvalue weighted by molar-refractivity contribution is 0.123. The largest absolute Gasteiger partial charge is 0.635 e. The molecule has 4 N–H and O–H groups in total. The maximum Gasteiger partial charge on any atom is 0.635 e. The zero-order valence-electron chi connectivity index (χ0n) is 8.05. The fraction of sp³-hybridized carbons (Fsp3) is 0.333. The molecule has 76 valence electrons. The third-order valence-corrected chi connectivity index (χ3v) is 1.96. The molecule has 0 bridgehead atoms. The molecule has 4 nitrogen and oxygen atoms in total. The van der Waals surface area contributed by atoms with Crippen molar-refractivity contribution in [1.82, 2.24) is 0 Å². The first-order chi connectivity index (χ1) is 6.63. The van der Waals surface area contributed by atoms with Crippen LogP contribution in [0.1, 0.15) is 24.3 Å². The van der Waals surface area contributed by atoms with E-state index in [0.717, 1.165) is 17.5 Å². The Balaban J connectivity index is 2.73. The number of rotatable bonds is 4. The molecule has 5 heteroatoms. The van der Waals surface area contributed by atoms with Crippen LogP contribution in [-0.4, -0.2) is 17.4 Å². The highest BCUT2D eigenvalue weighted by Gasteiger charge is 2.15. The molecular weight excluding hydrogens is 181 g/mol. The quantitative estimate of drug-likeness (QED) is 0.473. The molecular formula is C9H14BNO3. The Labute approximate surface area is 83.5 Å². The molecule has 0 aliphatic heterocycles. The van der Waals surface area contributed by atoms with Gasteiger partial charge in [-0.2, -0.15) is 0 Å². The molecule has 1 rings (SSSR count). The molecule has 1 aromatic carbocycles. The summed E-state index contributed by atoms with van der Waals surface area (Å²) < 4.78 is 4.62. The Morgan fingerprint density at radius 3 is 2.79 bits per heavy atom. The van der Waals surface area contributed by atoms with Crippen molar-refractivity contribution in [2.75, 3.05) is 0 Å². The molecule has 0 aliphatic rings. The van der Waals surface area contributed by atoms with Crippen molar-refractivity contribution >= 4 is 7.32 Å². The molecule has 1 atom stereocenters. The second-order valence-electron chi connectivity index (χ2n) is 2.98. The number of hydrogen-bond acceptors (Lipinski definition) is 4. The Kier molecular flexibility index (Phi) is 4.09. The van der Waals surface area contributed by atoms with Crippen LogP contribution in [0.15, 0.2) is 24.3 Å². The molecule has 14 heavy (non-hydrogen) atoms. The number of aryl methyl sites for hydroxylation is 1. The Hall–Kier alpha value is -0.875. The van der Waals surface area contributed by atoms with Gasteiger partial charge in [0.15, 0.2) is 0 Å². The lowest BCUT2D eigenvalue weighted by atomic mass is 10.1. The molecule has 0 amide bonds. The minimum atomic E-state index is -1.84. The van der Waals surface area contributed by atoms with Gasteiger partial charge >= 0.3 is 7.32 Å². The number of nitrogens with two attached hydrogens (primary N) is 1. The molecule has 0 aliphatic carbocycles. The first-order valence-corrected chi connectivity index (χ1v) is 4.49. The van der Waals surface area contributed by atoms with Crippen molar-refractivity contribution in [3.05, 3.63) is 35.4 Å². The molecule has 0 saturated heterocycles. The number of hydrogen-bond donors (Lipinski definition) is 3. The standard InChI is InChI=1S/C9H14BNO3/c1-2-7-4-3-5-8(6-7)9(11)14-10(12)13/h3-6,9,12-13H,2,11H2,1H3. The van der Waals surface area contributed by atoms with Crippen molar-refractivity contribution in [2.24, 2.45) is 5.73 Å². The van der Waals surface area contributed by atoms with Gasteiger partial charge in [0.1, 0.15) is 6.23 Å².